The Hall–Kier alpha value is 0.340. The topological polar surface area (TPSA) is 9.23 Å². The van der Waals surface area contributed by atoms with Crippen LogP contribution in [0.15, 0.2) is 0 Å². The second-order valence-electron chi connectivity index (χ2n) is 2.37. The summed E-state index contributed by atoms with van der Waals surface area (Å²) >= 11 is 0.767. The fourth-order valence-electron chi connectivity index (χ4n) is 0.615. The van der Waals surface area contributed by atoms with Gasteiger partial charge >= 0.3 is 10.3 Å². The molecule has 0 aliphatic rings. The van der Waals surface area contributed by atoms with Crippen LogP contribution in [-0.2, 0) is 4.74 Å². The summed E-state index contributed by atoms with van der Waals surface area (Å²) in [6.45, 7) is -0.355. The lowest BCUT2D eigenvalue weighted by atomic mass is 10.2. The van der Waals surface area contributed by atoms with E-state index in [9.17, 15) is 22.0 Å². The van der Waals surface area contributed by atoms with Crippen LogP contribution < -0.4 is 0 Å². The summed E-state index contributed by atoms with van der Waals surface area (Å²) in [6.07, 6.45) is -5.37. The molecule has 0 aromatic carbocycles. The van der Waals surface area contributed by atoms with Crippen LogP contribution in [0.4, 0.5) is 22.0 Å². The molecule has 0 fully saturated rings. The highest BCUT2D eigenvalue weighted by Crippen LogP contribution is 2.25. The van der Waals surface area contributed by atoms with Gasteiger partial charge in [0.1, 0.15) is 0 Å². The number of hydrogen-bond donors (Lipinski definition) is 0. The van der Waals surface area contributed by atoms with Crippen molar-refractivity contribution in [1.82, 2.24) is 0 Å². The van der Waals surface area contributed by atoms with E-state index < -0.39 is 16.7 Å². The molecule has 0 N–H and O–H groups in total. The number of unbranched alkanes of at least 4 members (excludes halogenated alkanes) is 1. The molecule has 0 radical (unpaired) electrons. The summed E-state index contributed by atoms with van der Waals surface area (Å²) in [5.41, 5.74) is 0. The maximum Gasteiger partial charge on any atom is 0.407 e. The molecule has 0 saturated carbocycles. The molecule has 0 amide bonds. The standard InChI is InChI=1S/C6H8F5IO/c7-5(8,9)3-1-2-4-13-6(10,11)12/h1-4H2. The van der Waals surface area contributed by atoms with E-state index in [2.05, 4.69) is 4.74 Å². The number of rotatable bonds is 5. The van der Waals surface area contributed by atoms with Crippen molar-refractivity contribution >= 4 is 22.6 Å². The summed E-state index contributed by atoms with van der Waals surface area (Å²) in [5, 5.41) is 0. The third-order valence-corrected chi connectivity index (χ3v) is 1.43. The molecule has 0 atom stereocenters. The zero-order valence-electron chi connectivity index (χ0n) is 6.50. The van der Waals surface area contributed by atoms with Crippen LogP contribution in [0.3, 0.4) is 0 Å². The molecule has 0 aromatic rings. The molecule has 0 heterocycles. The lowest BCUT2D eigenvalue weighted by Crippen LogP contribution is -2.13. The molecule has 0 saturated heterocycles. The average Bonchev–Trinajstić information content (AvgIpc) is 1.81. The molecule has 0 aliphatic heterocycles. The van der Waals surface area contributed by atoms with Crippen molar-refractivity contribution in [3.63, 3.8) is 0 Å². The monoisotopic (exact) mass is 318 g/mol. The smallest absolute Gasteiger partial charge is 0.312 e. The normalized spacial score (nSPS) is 13.4. The Balaban J connectivity index is 3.28. The maximum absolute atomic E-state index is 11.9. The van der Waals surface area contributed by atoms with Crippen molar-refractivity contribution in [2.75, 3.05) is 6.61 Å². The van der Waals surface area contributed by atoms with Crippen LogP contribution in [0.1, 0.15) is 19.3 Å². The fourth-order valence-corrected chi connectivity index (χ4v) is 0.836. The molecule has 13 heavy (non-hydrogen) atoms. The first-order chi connectivity index (χ1) is 5.71. The van der Waals surface area contributed by atoms with Gasteiger partial charge in [-0.1, -0.05) is 0 Å². The van der Waals surface area contributed by atoms with E-state index in [4.69, 9.17) is 0 Å². The van der Waals surface area contributed by atoms with Gasteiger partial charge in [0, 0.05) is 29.0 Å². The highest BCUT2D eigenvalue weighted by atomic mass is 127. The average molecular weight is 318 g/mol. The van der Waals surface area contributed by atoms with Gasteiger partial charge in [-0.15, -0.1) is 0 Å². The number of hydrogen-bond acceptors (Lipinski definition) is 1. The molecule has 0 unspecified atom stereocenters. The summed E-state index contributed by atoms with van der Waals surface area (Å²) in [6, 6.07) is 0. The van der Waals surface area contributed by atoms with E-state index in [-0.39, 0.29) is 19.4 Å². The van der Waals surface area contributed by atoms with Crippen molar-refractivity contribution in [2.45, 2.75) is 29.6 Å². The van der Waals surface area contributed by atoms with Crippen LogP contribution in [0.5, 0.6) is 0 Å². The Labute approximate surface area is 85.8 Å². The van der Waals surface area contributed by atoms with Gasteiger partial charge in [0.2, 0.25) is 0 Å². The highest BCUT2D eigenvalue weighted by molar-refractivity contribution is 14.1. The van der Waals surface area contributed by atoms with Crippen LogP contribution in [0.25, 0.3) is 0 Å². The van der Waals surface area contributed by atoms with Crippen LogP contribution >= 0.6 is 22.6 Å². The Morgan fingerprint density at radius 3 is 1.92 bits per heavy atom. The first-order valence-corrected chi connectivity index (χ1v) is 4.56. The van der Waals surface area contributed by atoms with Crippen molar-refractivity contribution in [2.24, 2.45) is 0 Å². The maximum atomic E-state index is 11.9. The highest BCUT2D eigenvalue weighted by Gasteiger charge is 2.27. The van der Waals surface area contributed by atoms with E-state index in [0.29, 0.717) is 0 Å². The zero-order chi connectivity index (χ0) is 10.5. The number of alkyl halides is 6. The first kappa shape index (κ1) is 13.3. The van der Waals surface area contributed by atoms with Crippen LogP contribution in [-0.4, -0.2) is 16.9 Å². The molecule has 0 aromatic heterocycles. The van der Waals surface area contributed by atoms with E-state index in [1.54, 1.807) is 0 Å². The van der Waals surface area contributed by atoms with E-state index in [1.165, 1.54) is 0 Å². The van der Waals surface area contributed by atoms with Gasteiger partial charge < -0.3 is 4.74 Å². The van der Waals surface area contributed by atoms with Gasteiger partial charge in [0.05, 0.1) is 6.61 Å². The number of halogens is 6. The van der Waals surface area contributed by atoms with Crippen molar-refractivity contribution < 1.29 is 26.7 Å². The van der Waals surface area contributed by atoms with Crippen LogP contribution in [0, 0.1) is 0 Å². The van der Waals surface area contributed by atoms with Crippen LogP contribution in [0.2, 0.25) is 0 Å². The fraction of sp³-hybridized carbons (Fsp3) is 1.00. The van der Waals surface area contributed by atoms with Gasteiger partial charge in [-0.3, -0.25) is 0 Å². The van der Waals surface area contributed by atoms with Gasteiger partial charge in [0.25, 0.3) is 0 Å². The molecule has 1 nitrogen and oxygen atoms in total. The summed E-state index contributed by atoms with van der Waals surface area (Å²) in [5.74, 6) is 0. The predicted octanol–water partition coefficient (Wildman–Crippen LogP) is 3.72. The molecule has 0 aliphatic carbocycles. The summed E-state index contributed by atoms with van der Waals surface area (Å²) in [4.78, 5) is 0. The Morgan fingerprint density at radius 2 is 1.54 bits per heavy atom. The van der Waals surface area contributed by atoms with Gasteiger partial charge in [0.15, 0.2) is 0 Å². The summed E-state index contributed by atoms with van der Waals surface area (Å²) < 4.78 is 59.1. The Morgan fingerprint density at radius 1 is 1.00 bits per heavy atom. The first-order valence-electron chi connectivity index (χ1n) is 3.48. The largest absolute Gasteiger partial charge is 0.407 e. The van der Waals surface area contributed by atoms with Crippen molar-refractivity contribution in [3.05, 3.63) is 0 Å². The van der Waals surface area contributed by atoms with Crippen molar-refractivity contribution in [1.29, 1.82) is 0 Å². The minimum atomic E-state index is -4.22. The third kappa shape index (κ3) is 12.3. The lowest BCUT2D eigenvalue weighted by Gasteiger charge is -2.09. The molecule has 0 bridgehead atoms. The van der Waals surface area contributed by atoms with Gasteiger partial charge in [-0.2, -0.15) is 22.0 Å². The lowest BCUT2D eigenvalue weighted by molar-refractivity contribution is -0.151. The van der Waals surface area contributed by atoms with E-state index in [1.807, 2.05) is 0 Å². The minimum absolute atomic E-state index is 0.0158. The second kappa shape index (κ2) is 5.28. The number of ether oxygens (including phenoxy) is 1. The van der Waals surface area contributed by atoms with E-state index >= 15 is 0 Å². The second-order valence-corrected chi connectivity index (χ2v) is 3.62. The molecule has 80 valence electrons. The Kier molecular flexibility index (Phi) is 5.42. The molecular weight excluding hydrogens is 310 g/mol. The van der Waals surface area contributed by atoms with Crippen molar-refractivity contribution in [3.8, 4) is 0 Å². The Bertz CT molecular complexity index is 125. The SMILES string of the molecule is FC(F)(F)CCCCOC(F)(F)I. The molecular formula is C6H8F5IO. The minimum Gasteiger partial charge on any atom is -0.312 e. The molecule has 7 heteroatoms. The predicted molar refractivity (Wildman–Crippen MR) is 44.8 cm³/mol. The quantitative estimate of drug-likeness (QED) is 0.325. The molecule has 0 spiro atoms. The zero-order valence-corrected chi connectivity index (χ0v) is 8.66. The third-order valence-electron chi connectivity index (χ3n) is 1.12. The van der Waals surface area contributed by atoms with Gasteiger partial charge in [-0.05, 0) is 12.8 Å². The van der Waals surface area contributed by atoms with Gasteiger partial charge in [-0.25, -0.2) is 0 Å². The summed E-state index contributed by atoms with van der Waals surface area (Å²) in [7, 11) is 0. The molecule has 0 rings (SSSR count). The van der Waals surface area contributed by atoms with E-state index in [0.717, 1.165) is 22.6 Å².